The highest BCUT2D eigenvalue weighted by Gasteiger charge is 2.44. The Kier molecular flexibility index (Phi) is 26.2. The van der Waals surface area contributed by atoms with Crippen LogP contribution >= 0.6 is 0 Å². The summed E-state index contributed by atoms with van der Waals surface area (Å²) in [6.45, 7) is -0.293. The fraction of sp³-hybridized carbons (Fsp3) is 0.558. The van der Waals surface area contributed by atoms with E-state index in [0.717, 1.165) is 0 Å². The fourth-order valence-corrected chi connectivity index (χ4v) is 9.53. The summed E-state index contributed by atoms with van der Waals surface area (Å²) in [4.78, 5) is 139. The molecule has 8 atom stereocenters. The molecule has 0 aromatic heterocycles. The lowest BCUT2D eigenvalue weighted by Gasteiger charge is -2.33. The van der Waals surface area contributed by atoms with E-state index in [0.29, 0.717) is 69.0 Å². The molecule has 0 spiro atoms. The summed E-state index contributed by atoms with van der Waals surface area (Å²) in [6, 6.07) is 8.31. The molecule has 8 unspecified atom stereocenters. The quantitative estimate of drug-likeness (QED) is 0.0255. The molecule has 2 aromatic rings. The molecule has 3 saturated heterocycles. The number of nitrogens with one attached hydrogen (secondary N) is 5. The van der Waals surface area contributed by atoms with Crippen LogP contribution in [0, 0.1) is 0 Å². The van der Waals surface area contributed by atoms with Gasteiger partial charge < -0.3 is 79.5 Å². The number of aliphatic imine (C=N–C) groups is 1. The number of nitrogens with two attached hydrogens (primary N) is 4. The minimum absolute atomic E-state index is 0.00123. The zero-order valence-electron chi connectivity index (χ0n) is 44.7. The molecule has 0 saturated carbocycles. The van der Waals surface area contributed by atoms with Gasteiger partial charge in [0, 0.05) is 39.0 Å². The van der Waals surface area contributed by atoms with Crippen molar-refractivity contribution in [1.82, 2.24) is 41.3 Å². The number of carboxylic acids is 2. The van der Waals surface area contributed by atoms with Crippen LogP contribution in [-0.2, 0) is 60.8 Å². The molecular formula is C52H74F3N13O13. The summed E-state index contributed by atoms with van der Waals surface area (Å²) < 4.78 is 31.7. The number of hydrogen-bond donors (Lipinski definition) is 12. The largest absolute Gasteiger partial charge is 0.490 e. The number of halogens is 3. The molecule has 0 aliphatic carbocycles. The maximum atomic E-state index is 14.2. The Balaban J connectivity index is 0.00000189. The number of aliphatic carboxylic acids is 2. The monoisotopic (exact) mass is 1150 g/mol. The van der Waals surface area contributed by atoms with Gasteiger partial charge in [0.15, 0.2) is 5.96 Å². The topological polar surface area (TPSA) is 418 Å². The second kappa shape index (κ2) is 32.4. The van der Waals surface area contributed by atoms with E-state index in [-0.39, 0.29) is 64.2 Å². The van der Waals surface area contributed by atoms with E-state index in [9.17, 15) is 66.5 Å². The van der Waals surface area contributed by atoms with Crippen LogP contribution in [0.5, 0.6) is 0 Å². The van der Waals surface area contributed by atoms with Crippen LogP contribution in [0.4, 0.5) is 13.2 Å². The van der Waals surface area contributed by atoms with Gasteiger partial charge in [0.25, 0.3) is 0 Å². The minimum Gasteiger partial charge on any atom is -0.480 e. The summed E-state index contributed by atoms with van der Waals surface area (Å²) in [5.74, 6) is -9.36. The lowest BCUT2D eigenvalue weighted by molar-refractivity contribution is -0.192. The lowest BCUT2D eigenvalue weighted by atomic mass is 10.0. The summed E-state index contributed by atoms with van der Waals surface area (Å²) in [6.07, 6.45) is -0.838. The number of benzene rings is 2. The number of carboxylic acid groups (broad SMARTS) is 2. The molecule has 5 rings (SSSR count). The van der Waals surface area contributed by atoms with Crippen LogP contribution in [0.1, 0.15) is 81.8 Å². The van der Waals surface area contributed by atoms with Crippen molar-refractivity contribution in [3.8, 4) is 0 Å². The second-order valence-electron chi connectivity index (χ2n) is 19.6. The molecule has 0 bridgehead atoms. The molecule has 3 aliphatic heterocycles. The number of aliphatic hydroxyl groups is 1. The van der Waals surface area contributed by atoms with Gasteiger partial charge in [0.1, 0.15) is 42.3 Å². The lowest BCUT2D eigenvalue weighted by Crippen LogP contribution is -2.59. The number of guanidine groups is 1. The number of carbonyl (C=O) groups is 10. The van der Waals surface area contributed by atoms with Gasteiger partial charge in [0.05, 0.1) is 19.2 Å². The van der Waals surface area contributed by atoms with Crippen LogP contribution in [0.2, 0.25) is 0 Å². The number of amides is 8. The van der Waals surface area contributed by atoms with Crippen molar-refractivity contribution in [2.45, 2.75) is 138 Å². The van der Waals surface area contributed by atoms with Gasteiger partial charge in [-0.25, -0.2) is 9.59 Å². The van der Waals surface area contributed by atoms with E-state index >= 15 is 0 Å². The highest BCUT2D eigenvalue weighted by Crippen LogP contribution is 2.27. The zero-order valence-corrected chi connectivity index (χ0v) is 44.7. The number of unbranched alkanes of at least 4 members (excludes halogenated alkanes) is 1. The maximum Gasteiger partial charge on any atom is 0.490 e. The molecule has 29 heteroatoms. The Morgan fingerprint density at radius 1 is 0.630 bits per heavy atom. The van der Waals surface area contributed by atoms with E-state index in [2.05, 4.69) is 31.6 Å². The predicted octanol–water partition coefficient (Wildman–Crippen LogP) is -2.28. The molecule has 2 aromatic carbocycles. The van der Waals surface area contributed by atoms with Crippen molar-refractivity contribution in [2.24, 2.45) is 27.9 Å². The highest BCUT2D eigenvalue weighted by molar-refractivity contribution is 5.98. The van der Waals surface area contributed by atoms with E-state index < -0.39 is 127 Å². The third-order valence-corrected chi connectivity index (χ3v) is 13.7. The standard InChI is InChI=1S/C50H73N13O11.C2HF3O2/c51-22-8-7-17-33(52)42(66)58-34(18-9-23-55-50(53)54)46(70)63-26-12-21-40(63)48(72)62-25-10-19-38(62)44(68)56-29-41(65)57-35(27-31-13-3-1-4-14-31)43(67)60-37(30-64)47(71)61-24-11-20-39(61)45(69)59-36(49(73)74)28-32-15-5-2-6-16-32;3-2(4,5)1(6)7/h1-6,13-16,33-40,64H,7-12,17-30,51-52H2,(H,56,68)(H,57,65)(H,58,66)(H,59,69)(H,60,67)(H,73,74)(H4,53,54,55);(H,6,7). The second-order valence-corrected chi connectivity index (χ2v) is 19.6. The average Bonchev–Trinajstić information content (AvgIpc) is 4.29. The summed E-state index contributed by atoms with van der Waals surface area (Å²) in [5, 5.41) is 40.4. The van der Waals surface area contributed by atoms with Gasteiger partial charge in [-0.05, 0) is 81.9 Å². The molecule has 3 heterocycles. The normalized spacial score (nSPS) is 18.6. The van der Waals surface area contributed by atoms with Crippen molar-refractivity contribution in [1.29, 1.82) is 0 Å². The fourth-order valence-electron chi connectivity index (χ4n) is 9.53. The smallest absolute Gasteiger partial charge is 0.480 e. The molecule has 446 valence electrons. The number of likely N-dealkylation sites (tertiary alicyclic amines) is 3. The minimum atomic E-state index is -5.08. The number of aliphatic hydroxyl groups excluding tert-OH is 1. The Morgan fingerprint density at radius 2 is 1.14 bits per heavy atom. The Labute approximate surface area is 465 Å². The van der Waals surface area contributed by atoms with E-state index in [1.54, 1.807) is 60.7 Å². The Morgan fingerprint density at radius 3 is 1.67 bits per heavy atom. The maximum absolute atomic E-state index is 14.2. The number of rotatable bonds is 27. The summed E-state index contributed by atoms with van der Waals surface area (Å²) in [7, 11) is 0. The van der Waals surface area contributed by atoms with Gasteiger partial charge in [0.2, 0.25) is 47.3 Å². The molecule has 3 aliphatic rings. The van der Waals surface area contributed by atoms with Crippen molar-refractivity contribution >= 4 is 65.2 Å². The third-order valence-electron chi connectivity index (χ3n) is 13.7. The van der Waals surface area contributed by atoms with Gasteiger partial charge in [-0.1, -0.05) is 67.1 Å². The molecule has 81 heavy (non-hydrogen) atoms. The van der Waals surface area contributed by atoms with Crippen molar-refractivity contribution in [2.75, 3.05) is 45.9 Å². The highest BCUT2D eigenvalue weighted by atomic mass is 19.4. The zero-order chi connectivity index (χ0) is 59.8. The van der Waals surface area contributed by atoms with Crippen LogP contribution in [0.25, 0.3) is 0 Å². The molecular weight excluding hydrogens is 1070 g/mol. The molecule has 3 fully saturated rings. The number of carbonyl (C=O) groups excluding carboxylic acids is 8. The SMILES string of the molecule is NCCCCC(N)C(=O)NC(CCCN=C(N)N)C(=O)N1CCCC1C(=O)N1CCCC1C(=O)NCC(=O)NC(Cc1ccccc1)C(=O)NC(CO)C(=O)N1CCCC1C(=O)NC(Cc1ccccc1)C(=O)O.O=C(O)C(F)(F)F. The van der Waals surface area contributed by atoms with Crippen molar-refractivity contribution < 1.29 is 76.4 Å². The van der Waals surface area contributed by atoms with Gasteiger partial charge in [-0.2, -0.15) is 13.2 Å². The average molecular weight is 1150 g/mol. The third kappa shape index (κ3) is 20.6. The number of hydrogen-bond acceptors (Lipinski definition) is 14. The molecule has 0 radical (unpaired) electrons. The van der Waals surface area contributed by atoms with Crippen LogP contribution < -0.4 is 49.5 Å². The number of nitrogens with zero attached hydrogens (tertiary/aromatic N) is 4. The summed E-state index contributed by atoms with van der Waals surface area (Å²) in [5.41, 5.74) is 24.0. The summed E-state index contributed by atoms with van der Waals surface area (Å²) >= 11 is 0. The van der Waals surface area contributed by atoms with Gasteiger partial charge in [-0.15, -0.1) is 0 Å². The number of alkyl halides is 3. The van der Waals surface area contributed by atoms with E-state index in [1.807, 2.05) is 0 Å². The predicted molar refractivity (Wildman–Crippen MR) is 284 cm³/mol. The van der Waals surface area contributed by atoms with Crippen molar-refractivity contribution in [3.05, 3.63) is 71.8 Å². The van der Waals surface area contributed by atoms with Crippen LogP contribution in [-0.4, -0.2) is 196 Å². The first-order valence-corrected chi connectivity index (χ1v) is 26.6. The van der Waals surface area contributed by atoms with Crippen LogP contribution in [0.3, 0.4) is 0 Å². The molecule has 8 amide bonds. The Bertz CT molecular complexity index is 2510. The van der Waals surface area contributed by atoms with E-state index in [1.165, 1.54) is 14.7 Å². The van der Waals surface area contributed by atoms with Gasteiger partial charge >= 0.3 is 18.1 Å². The van der Waals surface area contributed by atoms with Crippen LogP contribution in [0.15, 0.2) is 65.7 Å². The van der Waals surface area contributed by atoms with E-state index in [4.69, 9.17) is 32.8 Å². The Hall–Kier alpha value is -7.92. The first-order chi connectivity index (χ1) is 38.5. The molecule has 26 nitrogen and oxygen atoms in total. The van der Waals surface area contributed by atoms with Gasteiger partial charge in [-0.3, -0.25) is 43.3 Å². The first-order valence-electron chi connectivity index (χ1n) is 26.6. The molecule has 16 N–H and O–H groups in total. The van der Waals surface area contributed by atoms with Crippen molar-refractivity contribution in [3.63, 3.8) is 0 Å². The first kappa shape index (κ1) is 65.6.